The van der Waals surface area contributed by atoms with Gasteiger partial charge in [-0.2, -0.15) is 0 Å². The van der Waals surface area contributed by atoms with Crippen LogP contribution in [0.5, 0.6) is 0 Å². The molecule has 0 aliphatic heterocycles. The van der Waals surface area contributed by atoms with E-state index in [1.54, 1.807) is 0 Å². The summed E-state index contributed by atoms with van der Waals surface area (Å²) in [5.74, 6) is 0.357. The summed E-state index contributed by atoms with van der Waals surface area (Å²) in [5.41, 5.74) is -0.465. The minimum atomic E-state index is -0.465. The van der Waals surface area contributed by atoms with Crippen LogP contribution in [-0.2, 0) is 0 Å². The number of hydrogen-bond acceptors (Lipinski definition) is 2. The molecule has 0 spiro atoms. The van der Waals surface area contributed by atoms with Gasteiger partial charge in [-0.05, 0) is 25.8 Å². The molecular formula is C10H21NO. The summed E-state index contributed by atoms with van der Waals surface area (Å²) in [6.07, 6.45) is 4.49. The highest BCUT2D eigenvalue weighted by atomic mass is 16.3. The predicted octanol–water partition coefficient (Wildman–Crippen LogP) is 1.54. The van der Waals surface area contributed by atoms with Crippen molar-refractivity contribution in [3.8, 4) is 0 Å². The van der Waals surface area contributed by atoms with Crippen molar-refractivity contribution in [2.45, 2.75) is 51.2 Å². The Morgan fingerprint density at radius 2 is 2.08 bits per heavy atom. The molecule has 0 bridgehead atoms. The van der Waals surface area contributed by atoms with Gasteiger partial charge in [-0.3, -0.25) is 0 Å². The van der Waals surface area contributed by atoms with E-state index in [1.807, 2.05) is 7.05 Å². The summed E-state index contributed by atoms with van der Waals surface area (Å²) in [6, 6.07) is 0.297. The number of nitrogens with one attached hydrogen (secondary N) is 1. The lowest BCUT2D eigenvalue weighted by Crippen LogP contribution is -2.54. The molecule has 2 heteroatoms. The SMILES string of the molecule is CNC1CCCCC1(O)C(C)C. The molecule has 1 saturated carbocycles. The van der Waals surface area contributed by atoms with Gasteiger partial charge in [0.25, 0.3) is 0 Å². The average molecular weight is 171 g/mol. The molecule has 1 fully saturated rings. The average Bonchev–Trinajstić information content (AvgIpc) is 2.05. The maximum Gasteiger partial charge on any atom is 0.0822 e. The van der Waals surface area contributed by atoms with Gasteiger partial charge in [0.05, 0.1) is 5.60 Å². The Labute approximate surface area is 75.4 Å². The lowest BCUT2D eigenvalue weighted by atomic mass is 9.73. The molecule has 0 aromatic heterocycles. The van der Waals surface area contributed by atoms with Crippen molar-refractivity contribution in [3.63, 3.8) is 0 Å². The van der Waals surface area contributed by atoms with Gasteiger partial charge in [-0.15, -0.1) is 0 Å². The molecule has 2 N–H and O–H groups in total. The van der Waals surface area contributed by atoms with Gasteiger partial charge in [0.2, 0.25) is 0 Å². The Bertz CT molecular complexity index is 147. The molecule has 0 aromatic rings. The van der Waals surface area contributed by atoms with E-state index in [9.17, 15) is 5.11 Å². The number of rotatable bonds is 2. The normalized spacial score (nSPS) is 37.2. The molecule has 2 unspecified atom stereocenters. The first-order valence-corrected chi connectivity index (χ1v) is 5.01. The highest BCUT2D eigenvalue weighted by molar-refractivity contribution is 4.96. The number of hydrogen-bond donors (Lipinski definition) is 2. The number of aliphatic hydroxyl groups is 1. The molecule has 2 atom stereocenters. The van der Waals surface area contributed by atoms with Crippen LogP contribution in [0.1, 0.15) is 39.5 Å². The number of likely N-dealkylation sites (N-methyl/N-ethyl adjacent to an activating group) is 1. The van der Waals surface area contributed by atoms with E-state index in [0.29, 0.717) is 12.0 Å². The zero-order chi connectivity index (χ0) is 9.19. The smallest absolute Gasteiger partial charge is 0.0822 e. The van der Waals surface area contributed by atoms with Gasteiger partial charge in [-0.25, -0.2) is 0 Å². The van der Waals surface area contributed by atoms with Crippen LogP contribution in [0, 0.1) is 5.92 Å². The molecule has 1 rings (SSSR count). The zero-order valence-electron chi connectivity index (χ0n) is 8.43. The maximum atomic E-state index is 10.3. The summed E-state index contributed by atoms with van der Waals surface area (Å²) in [7, 11) is 1.95. The van der Waals surface area contributed by atoms with Crippen LogP contribution in [0.15, 0.2) is 0 Å². The van der Waals surface area contributed by atoms with Crippen LogP contribution in [0.25, 0.3) is 0 Å². The Morgan fingerprint density at radius 1 is 1.42 bits per heavy atom. The zero-order valence-corrected chi connectivity index (χ0v) is 8.43. The first-order chi connectivity index (χ1) is 5.61. The van der Waals surface area contributed by atoms with E-state index < -0.39 is 5.60 Å². The maximum absolute atomic E-state index is 10.3. The summed E-state index contributed by atoms with van der Waals surface area (Å²) in [4.78, 5) is 0. The van der Waals surface area contributed by atoms with E-state index in [-0.39, 0.29) is 0 Å². The first-order valence-electron chi connectivity index (χ1n) is 5.01. The molecule has 0 amide bonds. The Hall–Kier alpha value is -0.0800. The highest BCUT2D eigenvalue weighted by Gasteiger charge is 2.40. The van der Waals surface area contributed by atoms with Gasteiger partial charge in [0.1, 0.15) is 0 Å². The third kappa shape index (κ3) is 1.64. The second-order valence-electron chi connectivity index (χ2n) is 4.23. The van der Waals surface area contributed by atoms with E-state index in [1.165, 1.54) is 12.8 Å². The quantitative estimate of drug-likeness (QED) is 0.660. The Morgan fingerprint density at radius 3 is 2.50 bits per heavy atom. The van der Waals surface area contributed by atoms with Crippen LogP contribution in [0.3, 0.4) is 0 Å². The van der Waals surface area contributed by atoms with Crippen molar-refractivity contribution in [1.82, 2.24) is 5.32 Å². The second kappa shape index (κ2) is 3.75. The van der Waals surface area contributed by atoms with Crippen molar-refractivity contribution in [2.24, 2.45) is 5.92 Å². The molecule has 0 aromatic carbocycles. The topological polar surface area (TPSA) is 32.3 Å². The first kappa shape index (κ1) is 10.0. The third-order valence-electron chi connectivity index (χ3n) is 3.27. The van der Waals surface area contributed by atoms with E-state index in [4.69, 9.17) is 0 Å². The molecule has 2 nitrogen and oxygen atoms in total. The van der Waals surface area contributed by atoms with Gasteiger partial charge in [0, 0.05) is 6.04 Å². The lowest BCUT2D eigenvalue weighted by molar-refractivity contribution is -0.0622. The van der Waals surface area contributed by atoms with E-state index in [2.05, 4.69) is 19.2 Å². The van der Waals surface area contributed by atoms with Gasteiger partial charge in [-0.1, -0.05) is 26.7 Å². The van der Waals surface area contributed by atoms with E-state index in [0.717, 1.165) is 12.8 Å². The largest absolute Gasteiger partial charge is 0.388 e. The fourth-order valence-electron chi connectivity index (χ4n) is 2.27. The predicted molar refractivity (Wildman–Crippen MR) is 51.1 cm³/mol. The van der Waals surface area contributed by atoms with Gasteiger partial charge >= 0.3 is 0 Å². The van der Waals surface area contributed by atoms with Crippen LogP contribution in [0.2, 0.25) is 0 Å². The van der Waals surface area contributed by atoms with Gasteiger partial charge in [0.15, 0.2) is 0 Å². The molecule has 0 radical (unpaired) electrons. The van der Waals surface area contributed by atoms with Crippen LogP contribution >= 0.6 is 0 Å². The van der Waals surface area contributed by atoms with Crippen molar-refractivity contribution < 1.29 is 5.11 Å². The summed E-state index contributed by atoms with van der Waals surface area (Å²) < 4.78 is 0. The van der Waals surface area contributed by atoms with Crippen LogP contribution < -0.4 is 5.32 Å². The monoisotopic (exact) mass is 171 g/mol. The summed E-state index contributed by atoms with van der Waals surface area (Å²) >= 11 is 0. The minimum Gasteiger partial charge on any atom is -0.388 e. The summed E-state index contributed by atoms with van der Waals surface area (Å²) in [6.45, 7) is 4.21. The van der Waals surface area contributed by atoms with Crippen molar-refractivity contribution in [1.29, 1.82) is 0 Å². The van der Waals surface area contributed by atoms with Crippen molar-refractivity contribution in [3.05, 3.63) is 0 Å². The Kier molecular flexibility index (Phi) is 3.13. The standard InChI is InChI=1S/C10H21NO/c1-8(2)10(12)7-5-4-6-9(10)11-3/h8-9,11-12H,4-7H2,1-3H3. The molecule has 12 heavy (non-hydrogen) atoms. The molecule has 1 aliphatic rings. The fraction of sp³-hybridized carbons (Fsp3) is 1.00. The molecule has 1 aliphatic carbocycles. The minimum absolute atomic E-state index is 0.297. The van der Waals surface area contributed by atoms with Gasteiger partial charge < -0.3 is 10.4 Å². The third-order valence-corrected chi connectivity index (χ3v) is 3.27. The van der Waals surface area contributed by atoms with Crippen LogP contribution in [0.4, 0.5) is 0 Å². The van der Waals surface area contributed by atoms with Crippen molar-refractivity contribution >= 4 is 0 Å². The second-order valence-corrected chi connectivity index (χ2v) is 4.23. The molecular weight excluding hydrogens is 150 g/mol. The fourth-order valence-corrected chi connectivity index (χ4v) is 2.27. The van der Waals surface area contributed by atoms with Crippen molar-refractivity contribution in [2.75, 3.05) is 7.05 Å². The lowest BCUT2D eigenvalue weighted by Gasteiger charge is -2.43. The van der Waals surface area contributed by atoms with E-state index >= 15 is 0 Å². The van der Waals surface area contributed by atoms with Crippen LogP contribution in [-0.4, -0.2) is 23.8 Å². The summed E-state index contributed by atoms with van der Waals surface area (Å²) in [5, 5.41) is 13.6. The molecule has 72 valence electrons. The highest BCUT2D eigenvalue weighted by Crippen LogP contribution is 2.34. The molecule has 0 heterocycles. The Balaban J connectivity index is 2.68. The molecule has 0 saturated heterocycles.